The van der Waals surface area contributed by atoms with E-state index < -0.39 is 24.3 Å². The quantitative estimate of drug-likeness (QED) is 0.532. The maximum atomic E-state index is 12.2. The van der Waals surface area contributed by atoms with Crippen LogP contribution < -0.4 is 0 Å². The van der Waals surface area contributed by atoms with Gasteiger partial charge in [0.2, 0.25) is 0 Å². The van der Waals surface area contributed by atoms with Gasteiger partial charge in [0.1, 0.15) is 0 Å². The molecule has 0 unspecified atom stereocenters. The van der Waals surface area contributed by atoms with E-state index in [9.17, 15) is 31.1 Å². The second kappa shape index (κ2) is 12.1. The highest BCUT2D eigenvalue weighted by Gasteiger charge is 2.38. The molecule has 0 atom stereocenters. The van der Waals surface area contributed by atoms with Crippen molar-refractivity contribution in [2.45, 2.75) is 31.9 Å². The molecular formula is C19H21F6N5O5. The highest BCUT2D eigenvalue weighted by atomic mass is 19.4. The number of halogens is 6. The summed E-state index contributed by atoms with van der Waals surface area (Å²) in [5.74, 6) is -5.56. The molecule has 0 fully saturated rings. The molecule has 3 rings (SSSR count). The van der Waals surface area contributed by atoms with E-state index in [1.807, 2.05) is 12.3 Å². The van der Waals surface area contributed by atoms with Gasteiger partial charge in [0.05, 0.1) is 0 Å². The largest absolute Gasteiger partial charge is 0.490 e. The molecule has 16 heteroatoms. The number of hydrogen-bond acceptors (Lipinski definition) is 6. The number of pyridine rings is 1. The number of carboxylic acid groups (broad SMARTS) is 2. The number of amides is 1. The van der Waals surface area contributed by atoms with Crippen LogP contribution in [0.1, 0.15) is 27.3 Å². The molecule has 0 aromatic carbocycles. The van der Waals surface area contributed by atoms with Gasteiger partial charge in [0.25, 0.3) is 5.91 Å². The molecule has 1 amide bonds. The number of rotatable bonds is 3. The van der Waals surface area contributed by atoms with Crippen molar-refractivity contribution in [3.63, 3.8) is 0 Å². The van der Waals surface area contributed by atoms with Crippen molar-refractivity contribution in [3.8, 4) is 0 Å². The van der Waals surface area contributed by atoms with Crippen molar-refractivity contribution < 1.29 is 50.9 Å². The van der Waals surface area contributed by atoms with E-state index in [1.54, 1.807) is 25.2 Å². The van der Waals surface area contributed by atoms with Crippen LogP contribution in [0.3, 0.4) is 0 Å². The average molecular weight is 513 g/mol. The van der Waals surface area contributed by atoms with E-state index in [4.69, 9.17) is 19.8 Å². The SMILES string of the molecule is CN(C)C(=O)c1n[nH]c2c1CN(Cc1cccnc1)CC2.O=C(O)C(F)(F)F.O=C(O)C(F)(F)F. The predicted octanol–water partition coefficient (Wildman–Crippen LogP) is 2.33. The minimum Gasteiger partial charge on any atom is -0.475 e. The van der Waals surface area contributed by atoms with Crippen molar-refractivity contribution in [1.29, 1.82) is 0 Å². The first-order valence-electron chi connectivity index (χ1n) is 9.53. The number of nitrogens with zero attached hydrogens (tertiary/aromatic N) is 4. The molecule has 10 nitrogen and oxygen atoms in total. The molecular weight excluding hydrogens is 492 g/mol. The summed E-state index contributed by atoms with van der Waals surface area (Å²) in [6.07, 6.45) is -5.61. The summed E-state index contributed by atoms with van der Waals surface area (Å²) in [6.45, 7) is 2.55. The highest BCUT2D eigenvalue weighted by molar-refractivity contribution is 5.93. The fourth-order valence-electron chi connectivity index (χ4n) is 2.62. The Morgan fingerprint density at radius 1 is 1.09 bits per heavy atom. The first-order chi connectivity index (χ1) is 16.0. The molecule has 0 saturated carbocycles. The van der Waals surface area contributed by atoms with Crippen LogP contribution in [-0.2, 0) is 29.1 Å². The van der Waals surface area contributed by atoms with E-state index in [-0.39, 0.29) is 5.91 Å². The highest BCUT2D eigenvalue weighted by Crippen LogP contribution is 2.22. The van der Waals surface area contributed by atoms with Crippen LogP contribution in [0.25, 0.3) is 0 Å². The Morgan fingerprint density at radius 3 is 2.06 bits per heavy atom. The third-order valence-electron chi connectivity index (χ3n) is 4.24. The third-order valence-corrected chi connectivity index (χ3v) is 4.24. The van der Waals surface area contributed by atoms with Gasteiger partial charge in [-0.15, -0.1) is 0 Å². The number of aromatic amines is 1. The molecule has 3 heterocycles. The molecule has 2 aromatic heterocycles. The first kappa shape index (κ1) is 29.3. The second-order valence-electron chi connectivity index (χ2n) is 7.16. The van der Waals surface area contributed by atoms with Crippen LogP contribution in [0.15, 0.2) is 24.5 Å². The summed E-state index contributed by atoms with van der Waals surface area (Å²) in [4.78, 5) is 38.0. The Kier molecular flexibility index (Phi) is 10.2. The molecule has 194 valence electrons. The molecule has 0 saturated heterocycles. The van der Waals surface area contributed by atoms with Gasteiger partial charge >= 0.3 is 24.3 Å². The lowest BCUT2D eigenvalue weighted by molar-refractivity contribution is -0.193. The summed E-state index contributed by atoms with van der Waals surface area (Å²) >= 11 is 0. The number of aromatic nitrogens is 3. The monoisotopic (exact) mass is 513 g/mol. The molecule has 2 aromatic rings. The molecule has 3 N–H and O–H groups in total. The van der Waals surface area contributed by atoms with Crippen LogP contribution in [0.4, 0.5) is 26.3 Å². The Bertz CT molecular complexity index is 984. The zero-order valence-corrected chi connectivity index (χ0v) is 18.3. The van der Waals surface area contributed by atoms with Crippen LogP contribution in [-0.4, -0.2) is 86.0 Å². The van der Waals surface area contributed by atoms with E-state index in [0.29, 0.717) is 5.69 Å². The zero-order valence-electron chi connectivity index (χ0n) is 18.3. The normalized spacial score (nSPS) is 13.4. The van der Waals surface area contributed by atoms with Crippen LogP contribution in [0.2, 0.25) is 0 Å². The van der Waals surface area contributed by atoms with Crippen LogP contribution in [0, 0.1) is 0 Å². The number of nitrogens with one attached hydrogen (secondary N) is 1. The molecule has 0 spiro atoms. The molecule has 1 aliphatic heterocycles. The summed E-state index contributed by atoms with van der Waals surface area (Å²) in [5, 5.41) is 21.5. The number of aliphatic carboxylic acids is 2. The Balaban J connectivity index is 0.000000362. The van der Waals surface area contributed by atoms with Crippen molar-refractivity contribution in [1.82, 2.24) is 25.0 Å². The van der Waals surface area contributed by atoms with Crippen molar-refractivity contribution in [3.05, 3.63) is 47.0 Å². The molecule has 0 bridgehead atoms. The van der Waals surface area contributed by atoms with Gasteiger partial charge in [0.15, 0.2) is 5.69 Å². The van der Waals surface area contributed by atoms with Gasteiger partial charge in [0, 0.05) is 63.8 Å². The van der Waals surface area contributed by atoms with Gasteiger partial charge < -0.3 is 15.1 Å². The zero-order chi connectivity index (χ0) is 27.0. The number of H-pyrrole nitrogens is 1. The van der Waals surface area contributed by atoms with Crippen molar-refractivity contribution in [2.24, 2.45) is 0 Å². The number of carbonyl (C=O) groups is 3. The van der Waals surface area contributed by atoms with Gasteiger partial charge in [-0.05, 0) is 11.6 Å². The number of carboxylic acids is 2. The van der Waals surface area contributed by atoms with Crippen molar-refractivity contribution >= 4 is 17.8 Å². The third kappa shape index (κ3) is 9.60. The average Bonchev–Trinajstić information content (AvgIpc) is 3.16. The summed E-state index contributed by atoms with van der Waals surface area (Å²) in [7, 11) is 3.50. The van der Waals surface area contributed by atoms with Crippen LogP contribution >= 0.6 is 0 Å². The number of hydrogen-bond donors (Lipinski definition) is 3. The van der Waals surface area contributed by atoms with Gasteiger partial charge in [-0.1, -0.05) is 6.07 Å². The second-order valence-corrected chi connectivity index (χ2v) is 7.16. The lowest BCUT2D eigenvalue weighted by Crippen LogP contribution is -2.31. The summed E-state index contributed by atoms with van der Waals surface area (Å²) in [6, 6.07) is 4.02. The topological polar surface area (TPSA) is 140 Å². The van der Waals surface area contributed by atoms with E-state index in [0.717, 1.165) is 37.3 Å². The minimum atomic E-state index is -5.08. The van der Waals surface area contributed by atoms with Crippen molar-refractivity contribution in [2.75, 3.05) is 20.6 Å². The van der Waals surface area contributed by atoms with E-state index in [2.05, 4.69) is 26.1 Å². The first-order valence-corrected chi connectivity index (χ1v) is 9.53. The van der Waals surface area contributed by atoms with Gasteiger partial charge in [-0.25, -0.2) is 9.59 Å². The number of carbonyl (C=O) groups excluding carboxylic acids is 1. The lowest BCUT2D eigenvalue weighted by atomic mass is 10.0. The van der Waals surface area contributed by atoms with Gasteiger partial charge in [-0.3, -0.25) is 19.8 Å². The lowest BCUT2D eigenvalue weighted by Gasteiger charge is -2.27. The van der Waals surface area contributed by atoms with E-state index in [1.165, 1.54) is 5.56 Å². The maximum absolute atomic E-state index is 12.2. The molecule has 0 aliphatic carbocycles. The number of alkyl halides is 6. The standard InChI is InChI=1S/C15H19N5O.2C2HF3O2/c1-19(2)15(21)14-12-10-20(7-5-13(12)17-18-14)9-11-4-3-6-16-8-11;2*3-2(4,5)1(6)7/h3-4,6,8H,5,7,9-10H2,1-2H3,(H,17,18);2*(H,6,7). The Labute approximate surface area is 194 Å². The van der Waals surface area contributed by atoms with Gasteiger partial charge in [-0.2, -0.15) is 31.4 Å². The number of fused-ring (bicyclic) bond motifs is 1. The maximum Gasteiger partial charge on any atom is 0.490 e. The van der Waals surface area contributed by atoms with Crippen LogP contribution in [0.5, 0.6) is 0 Å². The minimum absolute atomic E-state index is 0.0456. The molecule has 35 heavy (non-hydrogen) atoms. The summed E-state index contributed by atoms with van der Waals surface area (Å²) in [5.41, 5.74) is 3.85. The fourth-order valence-corrected chi connectivity index (χ4v) is 2.62. The predicted molar refractivity (Wildman–Crippen MR) is 106 cm³/mol. The fraction of sp³-hybridized carbons (Fsp3) is 0.421. The Hall–Kier alpha value is -3.69. The molecule has 0 radical (unpaired) electrons. The smallest absolute Gasteiger partial charge is 0.475 e. The Morgan fingerprint density at radius 2 is 1.63 bits per heavy atom. The van der Waals surface area contributed by atoms with E-state index >= 15 is 0 Å². The molecule has 1 aliphatic rings. The summed E-state index contributed by atoms with van der Waals surface area (Å²) < 4.78 is 63.5.